The smallest absolute Gasteiger partial charge is 0.334 e. The Balaban J connectivity index is 1.19. The number of carbonyl (C=O) groups is 1. The van der Waals surface area contributed by atoms with Crippen LogP contribution in [0.4, 0.5) is 0 Å². The van der Waals surface area contributed by atoms with Crippen molar-refractivity contribution in [3.63, 3.8) is 0 Å². The summed E-state index contributed by atoms with van der Waals surface area (Å²) < 4.78 is 11.2. The number of hydrogen-bond donors (Lipinski definition) is 1. The normalized spacial score (nSPS) is 34.8. The van der Waals surface area contributed by atoms with Crippen molar-refractivity contribution in [2.24, 2.45) is 28.6 Å². The zero-order valence-corrected chi connectivity index (χ0v) is 18.3. The molecule has 0 aromatic rings. The van der Waals surface area contributed by atoms with Crippen LogP contribution in [0.15, 0.2) is 11.8 Å². The molecule has 1 saturated heterocycles. The molecule has 4 nitrogen and oxygen atoms in total. The van der Waals surface area contributed by atoms with Crippen LogP contribution in [0.5, 0.6) is 0 Å². The fourth-order valence-corrected chi connectivity index (χ4v) is 7.43. The Bertz CT molecular complexity index is 569. The van der Waals surface area contributed by atoms with Gasteiger partial charge in [-0.05, 0) is 87.4 Å². The zero-order chi connectivity index (χ0) is 20.3. The third-order valence-corrected chi connectivity index (χ3v) is 8.30. The molecule has 0 aromatic carbocycles. The Kier molecular flexibility index (Phi) is 6.58. The van der Waals surface area contributed by atoms with Crippen LogP contribution in [0.1, 0.15) is 90.4 Å². The number of rotatable bonds is 12. The highest BCUT2D eigenvalue weighted by Crippen LogP contribution is 2.62. The van der Waals surface area contributed by atoms with E-state index < -0.39 is 5.97 Å². The van der Waals surface area contributed by atoms with Gasteiger partial charge in [-0.3, -0.25) is 0 Å². The van der Waals surface area contributed by atoms with Crippen LogP contribution in [0, 0.1) is 28.6 Å². The third kappa shape index (κ3) is 5.00. The molecule has 164 valence electrons. The Labute approximate surface area is 176 Å². The van der Waals surface area contributed by atoms with Crippen LogP contribution >= 0.6 is 0 Å². The van der Waals surface area contributed by atoms with E-state index in [1.165, 1.54) is 64.2 Å². The lowest BCUT2D eigenvalue weighted by Crippen LogP contribution is -2.46. The van der Waals surface area contributed by atoms with E-state index >= 15 is 0 Å². The molecule has 0 atom stereocenters. The summed E-state index contributed by atoms with van der Waals surface area (Å²) in [5.41, 5.74) is 1.20. The Morgan fingerprint density at radius 3 is 2.21 bits per heavy atom. The number of aliphatic carboxylic acids is 1. The highest BCUT2D eigenvalue weighted by molar-refractivity contribution is 5.86. The van der Waals surface area contributed by atoms with Crippen LogP contribution in [0.2, 0.25) is 0 Å². The van der Waals surface area contributed by atoms with Gasteiger partial charge in [-0.2, -0.15) is 0 Å². The zero-order valence-electron chi connectivity index (χ0n) is 18.3. The van der Waals surface area contributed by atoms with E-state index in [9.17, 15) is 9.90 Å². The second-order valence-electron chi connectivity index (χ2n) is 11.0. The monoisotopic (exact) mass is 404 g/mol. The summed E-state index contributed by atoms with van der Waals surface area (Å²) in [6.45, 7) is 4.76. The summed E-state index contributed by atoms with van der Waals surface area (Å²) >= 11 is 0. The molecule has 0 aromatic heterocycles. The molecule has 0 spiro atoms. The third-order valence-electron chi connectivity index (χ3n) is 8.30. The minimum atomic E-state index is -0.785. The average molecular weight is 405 g/mol. The van der Waals surface area contributed by atoms with Gasteiger partial charge in [0.2, 0.25) is 0 Å². The molecule has 4 aliphatic carbocycles. The van der Waals surface area contributed by atoms with Crippen LogP contribution in [-0.2, 0) is 14.3 Å². The van der Waals surface area contributed by atoms with Gasteiger partial charge in [-0.25, -0.2) is 4.79 Å². The highest BCUT2D eigenvalue weighted by atomic mass is 16.5. The molecule has 5 fully saturated rings. The molecule has 4 saturated carbocycles. The molecule has 1 aliphatic heterocycles. The van der Waals surface area contributed by atoms with Crippen molar-refractivity contribution in [3.05, 3.63) is 11.8 Å². The molecule has 4 bridgehead atoms. The Morgan fingerprint density at radius 2 is 1.69 bits per heavy atom. The van der Waals surface area contributed by atoms with E-state index in [1.807, 2.05) is 0 Å². The number of carboxylic acids is 1. The molecule has 4 heteroatoms. The lowest BCUT2D eigenvalue weighted by atomic mass is 9.48. The minimum absolute atomic E-state index is 0.251. The van der Waals surface area contributed by atoms with Crippen molar-refractivity contribution in [3.8, 4) is 0 Å². The van der Waals surface area contributed by atoms with E-state index in [2.05, 4.69) is 6.92 Å². The molecule has 5 aliphatic rings. The molecule has 1 N–H and O–H groups in total. The van der Waals surface area contributed by atoms with Gasteiger partial charge in [-0.1, -0.05) is 26.2 Å². The first-order valence-corrected chi connectivity index (χ1v) is 12.1. The van der Waals surface area contributed by atoms with Gasteiger partial charge < -0.3 is 14.6 Å². The second kappa shape index (κ2) is 8.99. The Morgan fingerprint density at radius 1 is 1.03 bits per heavy atom. The first-order chi connectivity index (χ1) is 14.0. The van der Waals surface area contributed by atoms with Crippen molar-refractivity contribution in [1.82, 2.24) is 0 Å². The number of unbranched alkanes of at least 4 members (excludes halogenated alkanes) is 2. The van der Waals surface area contributed by atoms with Crippen molar-refractivity contribution in [1.29, 1.82) is 0 Å². The Hall–Kier alpha value is -1.03. The fourth-order valence-electron chi connectivity index (χ4n) is 7.43. The summed E-state index contributed by atoms with van der Waals surface area (Å²) in [6, 6.07) is 0. The fraction of sp³-hybridized carbons (Fsp3) is 0.880. The quantitative estimate of drug-likeness (QED) is 0.248. The maximum atomic E-state index is 11.8. The van der Waals surface area contributed by atoms with Gasteiger partial charge in [-0.15, -0.1) is 0 Å². The van der Waals surface area contributed by atoms with Crippen molar-refractivity contribution < 1.29 is 19.4 Å². The second-order valence-corrected chi connectivity index (χ2v) is 11.0. The average Bonchev–Trinajstić information content (AvgIpc) is 2.62. The minimum Gasteiger partial charge on any atom is -0.501 e. The first-order valence-electron chi connectivity index (χ1n) is 12.1. The molecule has 0 amide bonds. The number of hydrogen-bond acceptors (Lipinski definition) is 3. The standard InChI is InChI=1S/C25H40O4/c1-2-6-24(17-29-18-24)7-4-3-5-8-28-16-22(23(26)27)15-25-12-19-9-20(13-25)11-21(10-19)14-25/h16,19-21H,2-15,17-18H2,1H3,(H,26,27). The predicted molar refractivity (Wildman–Crippen MR) is 114 cm³/mol. The highest BCUT2D eigenvalue weighted by Gasteiger charge is 2.51. The summed E-state index contributed by atoms with van der Waals surface area (Å²) in [4.78, 5) is 11.8. The summed E-state index contributed by atoms with van der Waals surface area (Å²) in [5.74, 6) is 1.78. The maximum absolute atomic E-state index is 11.8. The lowest BCUT2D eigenvalue weighted by Gasteiger charge is -2.57. The van der Waals surface area contributed by atoms with Crippen LogP contribution < -0.4 is 0 Å². The molecule has 0 radical (unpaired) electrons. The molecule has 5 rings (SSSR count). The summed E-state index contributed by atoms with van der Waals surface area (Å²) in [5, 5.41) is 9.73. The van der Waals surface area contributed by atoms with Gasteiger partial charge in [0.1, 0.15) is 0 Å². The summed E-state index contributed by atoms with van der Waals surface area (Å²) in [7, 11) is 0. The number of carboxylic acid groups (broad SMARTS) is 1. The lowest BCUT2D eigenvalue weighted by molar-refractivity contribution is -0.134. The predicted octanol–water partition coefficient (Wildman–Crippen LogP) is 5.96. The van der Waals surface area contributed by atoms with Gasteiger partial charge in [0.05, 0.1) is 31.7 Å². The van der Waals surface area contributed by atoms with E-state index in [1.54, 1.807) is 6.26 Å². The van der Waals surface area contributed by atoms with Gasteiger partial charge in [0.15, 0.2) is 0 Å². The van der Waals surface area contributed by atoms with E-state index in [-0.39, 0.29) is 5.41 Å². The SMILES string of the molecule is CCCC1(CCCCCOC=C(CC23CC4CC(CC(C4)C2)C3)C(=O)O)COC1. The van der Waals surface area contributed by atoms with Crippen molar-refractivity contribution in [2.45, 2.75) is 90.4 Å². The molecular weight excluding hydrogens is 364 g/mol. The molecule has 29 heavy (non-hydrogen) atoms. The molecule has 0 unspecified atom stereocenters. The number of ether oxygens (including phenoxy) is 2. The van der Waals surface area contributed by atoms with Gasteiger partial charge >= 0.3 is 5.97 Å². The van der Waals surface area contributed by atoms with E-state index in [0.717, 1.165) is 43.8 Å². The van der Waals surface area contributed by atoms with Gasteiger partial charge in [0.25, 0.3) is 0 Å². The summed E-state index contributed by atoms with van der Waals surface area (Å²) in [6.07, 6.45) is 17.3. The van der Waals surface area contributed by atoms with Crippen LogP contribution in [-0.4, -0.2) is 30.9 Å². The van der Waals surface area contributed by atoms with Gasteiger partial charge in [0, 0.05) is 5.41 Å². The van der Waals surface area contributed by atoms with Crippen molar-refractivity contribution >= 4 is 5.97 Å². The van der Waals surface area contributed by atoms with Crippen LogP contribution in [0.3, 0.4) is 0 Å². The molecule has 1 heterocycles. The topological polar surface area (TPSA) is 55.8 Å². The maximum Gasteiger partial charge on any atom is 0.334 e. The van der Waals surface area contributed by atoms with Crippen molar-refractivity contribution in [2.75, 3.05) is 19.8 Å². The van der Waals surface area contributed by atoms with E-state index in [4.69, 9.17) is 9.47 Å². The first kappa shape index (κ1) is 21.2. The molecular formula is C25H40O4. The van der Waals surface area contributed by atoms with Crippen LogP contribution in [0.25, 0.3) is 0 Å². The largest absolute Gasteiger partial charge is 0.501 e. The van der Waals surface area contributed by atoms with E-state index in [0.29, 0.717) is 24.0 Å².